The zero-order valence-corrected chi connectivity index (χ0v) is 32.2. The first-order valence-corrected chi connectivity index (χ1v) is 20.4. The van der Waals surface area contributed by atoms with Crippen molar-refractivity contribution >= 4 is 0 Å². The highest BCUT2D eigenvalue weighted by Gasteiger charge is 2.69. The predicted octanol–water partition coefficient (Wildman–Crippen LogP) is 2.36. The van der Waals surface area contributed by atoms with Crippen LogP contribution in [0.2, 0.25) is 0 Å². The van der Waals surface area contributed by atoms with E-state index in [1.165, 1.54) is 25.3 Å². The Hall–Kier alpha value is -0.780. The lowest BCUT2D eigenvalue weighted by atomic mass is 9.47. The molecule has 4 aliphatic heterocycles. The van der Waals surface area contributed by atoms with Crippen LogP contribution in [0.25, 0.3) is 0 Å². The molecule has 4 aliphatic carbocycles. The summed E-state index contributed by atoms with van der Waals surface area (Å²) in [4.78, 5) is 0. The predicted molar refractivity (Wildman–Crippen MR) is 187 cm³/mol. The maximum absolute atomic E-state index is 11.1. The quantitative estimate of drug-likeness (QED) is 0.218. The largest absolute Gasteiger partial charge is 0.394 e. The monoisotopic (exact) mass is 752 g/mol. The second-order valence-corrected chi connectivity index (χ2v) is 18.5. The van der Waals surface area contributed by atoms with Gasteiger partial charge in [0.2, 0.25) is 0 Å². The van der Waals surface area contributed by atoms with Crippen molar-refractivity contribution in [2.75, 3.05) is 13.7 Å². The van der Waals surface area contributed by atoms with Crippen molar-refractivity contribution in [2.45, 2.75) is 178 Å². The number of ether oxygens (including phenoxy) is 7. The molecule has 0 aromatic rings. The lowest BCUT2D eigenvalue weighted by Gasteiger charge is -2.59. The summed E-state index contributed by atoms with van der Waals surface area (Å²) in [6, 6.07) is 0. The first-order valence-electron chi connectivity index (χ1n) is 20.4. The van der Waals surface area contributed by atoms with Crippen molar-refractivity contribution in [3.8, 4) is 0 Å². The first-order chi connectivity index (χ1) is 25.2. The van der Waals surface area contributed by atoms with Crippen LogP contribution < -0.4 is 0 Å². The van der Waals surface area contributed by atoms with Crippen LogP contribution in [0, 0.1) is 46.3 Å². The minimum atomic E-state index is -1.61. The maximum Gasteiger partial charge on any atom is 0.187 e. The normalized spacial score (nSPS) is 58.0. The van der Waals surface area contributed by atoms with Crippen LogP contribution >= 0.6 is 0 Å². The minimum absolute atomic E-state index is 0.0314. The Morgan fingerprint density at radius 2 is 1.57 bits per heavy atom. The summed E-state index contributed by atoms with van der Waals surface area (Å²) in [5.74, 6) is 2.27. The third-order valence-corrected chi connectivity index (χ3v) is 15.9. The molecule has 0 aromatic heterocycles. The molecular formula is C40H64O13. The third kappa shape index (κ3) is 6.13. The fourth-order valence-corrected chi connectivity index (χ4v) is 12.8. The van der Waals surface area contributed by atoms with Gasteiger partial charge in [-0.3, -0.25) is 0 Å². The Balaban J connectivity index is 0.962. The number of aliphatic hydroxyl groups excluding tert-OH is 6. The van der Waals surface area contributed by atoms with E-state index in [1.807, 2.05) is 0 Å². The SMILES string of the molecule is COC1OC2(CCC1C)O[C@H]1CC3C4CC=C5CC(O[C@@H]6O[C@H](CO)[C@@H](O)[C@H](O)[C@H]6O[C@@H]6O[C@@H](C)[C@H](O)[C@@H](O)[C@H]6O)CC[C@]5(C)C4CC[C@]3(C)[C@H]1[C@@H]2C. The molecule has 6 N–H and O–H groups in total. The van der Waals surface area contributed by atoms with Gasteiger partial charge in [0.25, 0.3) is 0 Å². The fourth-order valence-electron chi connectivity index (χ4n) is 12.8. The summed E-state index contributed by atoms with van der Waals surface area (Å²) in [6.07, 6.45) is -2.45. The van der Waals surface area contributed by atoms with E-state index in [1.54, 1.807) is 7.11 Å². The minimum Gasteiger partial charge on any atom is -0.394 e. The van der Waals surface area contributed by atoms with Crippen molar-refractivity contribution in [3.63, 3.8) is 0 Å². The standard InChI is InChI=1S/C40H64O13/c1-18-9-14-40(53-35(18)47-6)19(2)28-26(52-40)16-25-23-8-7-21-15-22(10-12-38(21,4)24(23)11-13-39(25,28)5)49-37-34(32(45)30(43)27(17-41)50-37)51-36-33(46)31(44)29(42)20(3)48-36/h7,18-20,22-37,41-46H,8-17H2,1-6H3/t18?,19-,20-,22?,23?,24?,25?,26-,27+,28-,29-,30+,31+,32-,33+,34+,35?,36-,37+,38-,39-,40?/m0/s1. The van der Waals surface area contributed by atoms with Gasteiger partial charge >= 0.3 is 0 Å². The van der Waals surface area contributed by atoms with Gasteiger partial charge in [0.1, 0.15) is 42.7 Å². The topological polar surface area (TPSA) is 186 Å². The van der Waals surface area contributed by atoms with Gasteiger partial charge in [-0.1, -0.05) is 39.3 Å². The molecule has 4 heterocycles. The second kappa shape index (κ2) is 14.2. The molecule has 0 radical (unpaired) electrons. The van der Waals surface area contributed by atoms with Crippen LogP contribution in [0.1, 0.15) is 92.4 Å². The highest BCUT2D eigenvalue weighted by molar-refractivity contribution is 5.26. The van der Waals surface area contributed by atoms with Gasteiger partial charge in [0.05, 0.1) is 24.9 Å². The number of hydrogen-bond donors (Lipinski definition) is 6. The molecule has 13 heteroatoms. The van der Waals surface area contributed by atoms with Crippen molar-refractivity contribution < 1.29 is 63.8 Å². The average molecular weight is 753 g/mol. The molecule has 7 fully saturated rings. The smallest absolute Gasteiger partial charge is 0.187 e. The van der Waals surface area contributed by atoms with Gasteiger partial charge in [-0.05, 0) is 92.8 Å². The first kappa shape index (κ1) is 39.1. The Morgan fingerprint density at radius 3 is 2.30 bits per heavy atom. The van der Waals surface area contributed by atoms with E-state index in [4.69, 9.17) is 33.2 Å². The third-order valence-electron chi connectivity index (χ3n) is 15.9. The summed E-state index contributed by atoms with van der Waals surface area (Å²) >= 11 is 0. The summed E-state index contributed by atoms with van der Waals surface area (Å²) in [6.45, 7) is 10.5. The molecular weight excluding hydrogens is 688 g/mol. The van der Waals surface area contributed by atoms with Gasteiger partial charge in [-0.2, -0.15) is 0 Å². The lowest BCUT2D eigenvalue weighted by Crippen LogP contribution is -2.64. The van der Waals surface area contributed by atoms with Crippen LogP contribution in [0.3, 0.4) is 0 Å². The molecule has 53 heavy (non-hydrogen) atoms. The highest BCUT2D eigenvalue weighted by Crippen LogP contribution is 2.71. The Bertz CT molecular complexity index is 1370. The van der Waals surface area contributed by atoms with Crippen LogP contribution in [-0.4, -0.2) is 130 Å². The van der Waals surface area contributed by atoms with Crippen LogP contribution in [0.5, 0.6) is 0 Å². The molecule has 13 nitrogen and oxygen atoms in total. The number of hydrogen-bond acceptors (Lipinski definition) is 13. The molecule has 3 saturated carbocycles. The van der Waals surface area contributed by atoms with E-state index in [-0.39, 0.29) is 29.3 Å². The van der Waals surface area contributed by atoms with Crippen molar-refractivity contribution in [2.24, 2.45) is 46.3 Å². The summed E-state index contributed by atoms with van der Waals surface area (Å²) in [5.41, 5.74) is 1.61. The summed E-state index contributed by atoms with van der Waals surface area (Å²) in [7, 11) is 1.74. The van der Waals surface area contributed by atoms with E-state index in [0.717, 1.165) is 38.5 Å². The summed E-state index contributed by atoms with van der Waals surface area (Å²) < 4.78 is 43.6. The highest BCUT2D eigenvalue weighted by atomic mass is 16.8. The molecule has 0 amide bonds. The van der Waals surface area contributed by atoms with Crippen LogP contribution in [-0.2, 0) is 33.2 Å². The van der Waals surface area contributed by atoms with Crippen molar-refractivity contribution in [1.82, 2.24) is 0 Å². The second-order valence-electron chi connectivity index (χ2n) is 18.5. The number of aliphatic hydroxyl groups is 6. The van der Waals surface area contributed by atoms with Gasteiger partial charge in [-0.25, -0.2) is 0 Å². The molecule has 8 aliphatic rings. The Labute approximate surface area is 313 Å². The van der Waals surface area contributed by atoms with E-state index in [2.05, 4.69) is 33.8 Å². The molecule has 7 unspecified atom stereocenters. The van der Waals surface area contributed by atoms with Crippen molar-refractivity contribution in [1.29, 1.82) is 0 Å². The number of fused-ring (bicyclic) bond motifs is 7. The molecule has 0 bridgehead atoms. The number of rotatable bonds is 6. The van der Waals surface area contributed by atoms with Crippen LogP contribution in [0.4, 0.5) is 0 Å². The zero-order chi connectivity index (χ0) is 37.8. The molecule has 8 rings (SSSR count). The van der Waals surface area contributed by atoms with E-state index in [9.17, 15) is 30.6 Å². The van der Waals surface area contributed by atoms with E-state index in [0.29, 0.717) is 41.9 Å². The van der Waals surface area contributed by atoms with E-state index < -0.39 is 73.8 Å². The average Bonchev–Trinajstić information content (AvgIpc) is 3.59. The van der Waals surface area contributed by atoms with Gasteiger partial charge in [0, 0.05) is 25.4 Å². The van der Waals surface area contributed by atoms with Gasteiger partial charge in [-0.15, -0.1) is 0 Å². The number of allylic oxidation sites excluding steroid dienone is 1. The Kier molecular flexibility index (Phi) is 10.5. The van der Waals surface area contributed by atoms with Crippen molar-refractivity contribution in [3.05, 3.63) is 11.6 Å². The fraction of sp³-hybridized carbons (Fsp3) is 0.950. The van der Waals surface area contributed by atoms with E-state index >= 15 is 0 Å². The van der Waals surface area contributed by atoms with Crippen LogP contribution in [0.15, 0.2) is 11.6 Å². The molecule has 22 atom stereocenters. The molecule has 1 spiro atoms. The Morgan fingerprint density at radius 1 is 0.792 bits per heavy atom. The summed E-state index contributed by atoms with van der Waals surface area (Å²) in [5, 5.41) is 63.0. The molecule has 4 saturated heterocycles. The van der Waals surface area contributed by atoms with Gasteiger partial charge < -0.3 is 63.8 Å². The number of methoxy groups -OCH3 is 1. The lowest BCUT2D eigenvalue weighted by molar-refractivity contribution is -0.369. The van der Waals surface area contributed by atoms with Gasteiger partial charge in [0.15, 0.2) is 24.7 Å². The zero-order valence-electron chi connectivity index (χ0n) is 32.2. The molecule has 302 valence electrons. The maximum atomic E-state index is 11.1. The molecule has 0 aromatic carbocycles.